The van der Waals surface area contributed by atoms with Crippen molar-refractivity contribution in [1.82, 2.24) is 4.98 Å². The average Bonchev–Trinajstić information content (AvgIpc) is 3.03. The van der Waals surface area contributed by atoms with Gasteiger partial charge in [-0.15, -0.1) is 11.3 Å². The molecule has 0 radical (unpaired) electrons. The Morgan fingerprint density at radius 1 is 1.28 bits per heavy atom. The second kappa shape index (κ2) is 6.68. The van der Waals surface area contributed by atoms with Gasteiger partial charge < -0.3 is 14.2 Å². The lowest BCUT2D eigenvalue weighted by Crippen LogP contribution is -2.33. The van der Waals surface area contributed by atoms with Gasteiger partial charge in [0.1, 0.15) is 16.9 Å². The van der Waals surface area contributed by atoms with Gasteiger partial charge in [0.25, 0.3) is 6.47 Å². The number of ether oxygens (including phenoxy) is 3. The lowest BCUT2D eigenvalue weighted by Gasteiger charge is -2.30. The van der Waals surface area contributed by atoms with Gasteiger partial charge in [0.2, 0.25) is 5.79 Å². The highest BCUT2D eigenvalue weighted by molar-refractivity contribution is 7.15. The number of nitrogens with zero attached hydrogens (tertiary/aromatic N) is 1. The number of carbonyl (C=O) groups excluding carboxylic acids is 2. The van der Waals surface area contributed by atoms with E-state index in [1.54, 1.807) is 27.0 Å². The first-order valence-electron chi connectivity index (χ1n) is 7.67. The number of rotatable bonds is 5. The molecule has 6 nitrogen and oxygen atoms in total. The zero-order chi connectivity index (χ0) is 18.0. The summed E-state index contributed by atoms with van der Waals surface area (Å²) in [5, 5.41) is 0.713. The second-order valence-electron chi connectivity index (χ2n) is 5.95. The zero-order valence-corrected chi connectivity index (χ0v) is 14.8. The van der Waals surface area contributed by atoms with Crippen molar-refractivity contribution in [2.75, 3.05) is 0 Å². The molecule has 7 heteroatoms. The molecule has 3 rings (SSSR count). The van der Waals surface area contributed by atoms with Gasteiger partial charge in [0, 0.05) is 25.6 Å². The normalized spacial score (nSPS) is 17.1. The van der Waals surface area contributed by atoms with E-state index in [1.165, 1.54) is 17.4 Å². The third-order valence-corrected chi connectivity index (χ3v) is 4.72. The molecule has 1 atom stereocenters. The van der Waals surface area contributed by atoms with Crippen LogP contribution in [0, 0.1) is 0 Å². The first-order chi connectivity index (χ1) is 11.9. The van der Waals surface area contributed by atoms with Crippen molar-refractivity contribution in [2.24, 2.45) is 0 Å². The summed E-state index contributed by atoms with van der Waals surface area (Å²) in [5.74, 6) is -0.974. The Labute approximate surface area is 149 Å². The maximum absolute atomic E-state index is 11.7. The number of aromatic nitrogens is 1. The van der Waals surface area contributed by atoms with Gasteiger partial charge in [-0.25, -0.2) is 9.78 Å². The molecule has 1 aliphatic rings. The van der Waals surface area contributed by atoms with Crippen LogP contribution in [-0.2, 0) is 23.8 Å². The SMILES string of the molecule is CC(OC=O)c1ncc(-c2cccc(C3=CC(=O)OC(C)(C)O3)c2)s1. The van der Waals surface area contributed by atoms with E-state index in [0.29, 0.717) is 17.2 Å². The summed E-state index contributed by atoms with van der Waals surface area (Å²) in [6.07, 6.45) is 2.68. The molecule has 0 N–H and O–H groups in total. The number of carbonyl (C=O) groups is 2. The van der Waals surface area contributed by atoms with Crippen LogP contribution in [0.2, 0.25) is 0 Å². The predicted molar refractivity (Wildman–Crippen MR) is 92.3 cm³/mol. The lowest BCUT2D eigenvalue weighted by molar-refractivity contribution is -0.193. The van der Waals surface area contributed by atoms with Crippen LogP contribution >= 0.6 is 11.3 Å². The fraction of sp³-hybridized carbons (Fsp3) is 0.278. The summed E-state index contributed by atoms with van der Waals surface area (Å²) in [5.41, 5.74) is 1.70. The van der Waals surface area contributed by atoms with Gasteiger partial charge in [0.05, 0.1) is 11.0 Å². The summed E-state index contributed by atoms with van der Waals surface area (Å²) in [4.78, 5) is 27.4. The van der Waals surface area contributed by atoms with Crippen molar-refractivity contribution in [2.45, 2.75) is 32.7 Å². The quantitative estimate of drug-likeness (QED) is 0.599. The minimum Gasteiger partial charge on any atom is -0.457 e. The standard InChI is InChI=1S/C18H17NO5S/c1-11(22-10-20)17-19-9-15(25-17)13-6-4-5-12(7-13)14-8-16(21)24-18(2,3)23-14/h4-11H,1-3H3. The average molecular weight is 359 g/mol. The van der Waals surface area contributed by atoms with Crippen LogP contribution in [0.15, 0.2) is 36.5 Å². The number of thiazole rings is 1. The summed E-state index contributed by atoms with van der Waals surface area (Å²) in [6.45, 7) is 5.55. The molecule has 0 bridgehead atoms. The van der Waals surface area contributed by atoms with Crippen molar-refractivity contribution in [1.29, 1.82) is 0 Å². The lowest BCUT2D eigenvalue weighted by atomic mass is 10.1. The molecule has 2 aromatic rings. The van der Waals surface area contributed by atoms with Gasteiger partial charge in [-0.05, 0) is 18.6 Å². The van der Waals surface area contributed by atoms with E-state index in [9.17, 15) is 9.59 Å². The number of hydrogen-bond donors (Lipinski definition) is 0. The first kappa shape index (κ1) is 17.2. The molecule has 1 aromatic carbocycles. The molecule has 0 saturated heterocycles. The van der Waals surface area contributed by atoms with Crippen LogP contribution in [0.25, 0.3) is 16.2 Å². The second-order valence-corrected chi connectivity index (χ2v) is 7.01. The molecule has 0 fully saturated rings. The van der Waals surface area contributed by atoms with E-state index in [2.05, 4.69) is 4.98 Å². The van der Waals surface area contributed by atoms with E-state index >= 15 is 0 Å². The molecule has 1 aliphatic heterocycles. The molecule has 1 aromatic heterocycles. The molecular formula is C18H17NO5S. The van der Waals surface area contributed by atoms with Crippen LogP contribution in [-0.4, -0.2) is 23.2 Å². The fourth-order valence-electron chi connectivity index (χ4n) is 2.41. The smallest absolute Gasteiger partial charge is 0.337 e. The first-order valence-corrected chi connectivity index (χ1v) is 8.49. The van der Waals surface area contributed by atoms with Crippen molar-refractivity contribution in [3.05, 3.63) is 47.1 Å². The summed E-state index contributed by atoms with van der Waals surface area (Å²) >= 11 is 1.44. The summed E-state index contributed by atoms with van der Waals surface area (Å²) in [7, 11) is 0. The van der Waals surface area contributed by atoms with Crippen LogP contribution in [0.4, 0.5) is 0 Å². The Kier molecular flexibility index (Phi) is 4.59. The Balaban J connectivity index is 1.90. The number of cyclic esters (lactones) is 1. The monoisotopic (exact) mass is 359 g/mol. The largest absolute Gasteiger partial charge is 0.457 e. The third-order valence-electron chi connectivity index (χ3n) is 3.51. The maximum Gasteiger partial charge on any atom is 0.337 e. The van der Waals surface area contributed by atoms with E-state index in [4.69, 9.17) is 14.2 Å². The highest BCUT2D eigenvalue weighted by Crippen LogP contribution is 2.34. The molecule has 0 saturated carbocycles. The molecule has 25 heavy (non-hydrogen) atoms. The van der Waals surface area contributed by atoms with Crippen molar-refractivity contribution < 1.29 is 23.8 Å². The number of hydrogen-bond acceptors (Lipinski definition) is 7. The molecule has 1 unspecified atom stereocenters. The van der Waals surface area contributed by atoms with Crippen LogP contribution in [0.5, 0.6) is 0 Å². The zero-order valence-electron chi connectivity index (χ0n) is 14.0. The van der Waals surface area contributed by atoms with Gasteiger partial charge in [0.15, 0.2) is 0 Å². The Morgan fingerprint density at radius 2 is 2.04 bits per heavy atom. The molecule has 2 heterocycles. The van der Waals surface area contributed by atoms with Crippen LogP contribution < -0.4 is 0 Å². The number of benzene rings is 1. The van der Waals surface area contributed by atoms with E-state index in [0.717, 1.165) is 16.0 Å². The van der Waals surface area contributed by atoms with Crippen molar-refractivity contribution >= 4 is 29.5 Å². The van der Waals surface area contributed by atoms with Gasteiger partial charge >= 0.3 is 5.97 Å². The summed E-state index contributed by atoms with van der Waals surface area (Å²) < 4.78 is 15.8. The highest BCUT2D eigenvalue weighted by Gasteiger charge is 2.30. The molecular weight excluding hydrogens is 342 g/mol. The molecule has 130 valence electrons. The Hall–Kier alpha value is -2.67. The number of esters is 1. The van der Waals surface area contributed by atoms with E-state index in [1.807, 2.05) is 24.3 Å². The van der Waals surface area contributed by atoms with Gasteiger partial charge in [-0.2, -0.15) is 0 Å². The van der Waals surface area contributed by atoms with Crippen LogP contribution in [0.3, 0.4) is 0 Å². The molecule has 0 aliphatic carbocycles. The van der Waals surface area contributed by atoms with Crippen LogP contribution in [0.1, 0.15) is 37.4 Å². The highest BCUT2D eigenvalue weighted by atomic mass is 32.1. The van der Waals surface area contributed by atoms with E-state index in [-0.39, 0.29) is 6.10 Å². The van der Waals surface area contributed by atoms with Crippen molar-refractivity contribution in [3.63, 3.8) is 0 Å². The van der Waals surface area contributed by atoms with Gasteiger partial charge in [-0.1, -0.05) is 18.2 Å². The minimum atomic E-state index is -1.00. The molecule has 0 spiro atoms. The van der Waals surface area contributed by atoms with Gasteiger partial charge in [-0.3, -0.25) is 4.79 Å². The summed E-state index contributed by atoms with van der Waals surface area (Å²) in [6, 6.07) is 7.61. The third kappa shape index (κ3) is 3.88. The van der Waals surface area contributed by atoms with E-state index < -0.39 is 11.8 Å². The molecule has 0 amide bonds. The van der Waals surface area contributed by atoms with Crippen molar-refractivity contribution in [3.8, 4) is 10.4 Å². The topological polar surface area (TPSA) is 74.7 Å². The maximum atomic E-state index is 11.7. The fourth-order valence-corrected chi connectivity index (χ4v) is 3.31. The minimum absolute atomic E-state index is 0.389. The predicted octanol–water partition coefficient (Wildman–Crippen LogP) is 3.69. The Morgan fingerprint density at radius 3 is 2.76 bits per heavy atom. The Bertz CT molecular complexity index is 839.